The van der Waals surface area contributed by atoms with Crippen LogP contribution in [0.25, 0.3) is 71.3 Å². The minimum atomic E-state index is -0.713. The number of benzene rings is 9. The molecule has 1 aliphatic heterocycles. The lowest BCUT2D eigenvalue weighted by atomic mass is 9.91. The van der Waals surface area contributed by atoms with E-state index < -0.39 is 5.66 Å². The van der Waals surface area contributed by atoms with Gasteiger partial charge in [-0.15, -0.1) is 0 Å². The van der Waals surface area contributed by atoms with Gasteiger partial charge in [0.25, 0.3) is 0 Å². The zero-order valence-electron chi connectivity index (χ0n) is 30.5. The molecule has 0 amide bonds. The van der Waals surface area contributed by atoms with Gasteiger partial charge in [0.1, 0.15) is 5.84 Å². The second-order valence-corrected chi connectivity index (χ2v) is 14.6. The molecular formula is C52H36N4. The Balaban J connectivity index is 1.04. The number of hydrazine groups is 1. The summed E-state index contributed by atoms with van der Waals surface area (Å²) >= 11 is 0. The number of hydrogen-bond acceptors (Lipinski definition) is 2. The van der Waals surface area contributed by atoms with E-state index in [1.807, 2.05) is 17.1 Å². The van der Waals surface area contributed by atoms with Crippen molar-refractivity contribution in [1.82, 2.24) is 15.0 Å². The molecule has 10 aromatic rings. The molecule has 2 heterocycles. The van der Waals surface area contributed by atoms with Crippen LogP contribution < -0.4 is 5.43 Å². The van der Waals surface area contributed by atoms with Gasteiger partial charge in [0.15, 0.2) is 5.66 Å². The minimum absolute atomic E-state index is 0.417. The molecule has 11 rings (SSSR count). The van der Waals surface area contributed by atoms with E-state index in [9.17, 15) is 5.41 Å². The van der Waals surface area contributed by atoms with Crippen molar-refractivity contribution in [3.63, 3.8) is 0 Å². The third-order valence-corrected chi connectivity index (χ3v) is 11.5. The topological polar surface area (TPSA) is 53.7 Å². The first-order valence-electron chi connectivity index (χ1n) is 19.1. The van der Waals surface area contributed by atoms with Gasteiger partial charge in [-0.3, -0.25) is 10.4 Å². The normalized spacial score (nSPS) is 13.5. The van der Waals surface area contributed by atoms with E-state index >= 15 is 0 Å². The monoisotopic (exact) mass is 716 g/mol. The van der Waals surface area contributed by atoms with E-state index in [-0.39, 0.29) is 0 Å². The van der Waals surface area contributed by atoms with E-state index in [1.165, 1.54) is 38.2 Å². The van der Waals surface area contributed by atoms with Crippen LogP contribution in [-0.4, -0.2) is 15.4 Å². The van der Waals surface area contributed by atoms with Crippen LogP contribution in [0.4, 0.5) is 0 Å². The van der Waals surface area contributed by atoms with Gasteiger partial charge in [0.2, 0.25) is 0 Å². The van der Waals surface area contributed by atoms with Crippen LogP contribution >= 0.6 is 0 Å². The molecule has 264 valence electrons. The Bertz CT molecular complexity index is 3030. The number of aromatic nitrogens is 1. The molecule has 4 heteroatoms. The summed E-state index contributed by atoms with van der Waals surface area (Å²) in [5.41, 5.74) is 14.1. The second-order valence-electron chi connectivity index (χ2n) is 14.6. The molecule has 1 aliphatic rings. The standard InChI is InChI=1S/C52H36N4/c53-51(56-52(54-56,41-27-23-37(24-28-41)35-13-3-1-4-14-35)42-29-25-38(26-30-42)36-15-5-2-6-16-36)46-31-32-49(44-20-10-9-19-43(44)46)55-48-22-12-11-21-45(48)47-33-39-17-7-8-18-40(39)34-50(47)55/h1-34,53-54H. The number of nitrogens with zero attached hydrogens (tertiary/aromatic N) is 2. The van der Waals surface area contributed by atoms with Crippen LogP contribution in [0.2, 0.25) is 0 Å². The van der Waals surface area contributed by atoms with Gasteiger partial charge in [-0.25, -0.2) is 0 Å². The molecule has 0 unspecified atom stereocenters. The molecule has 0 aliphatic carbocycles. The van der Waals surface area contributed by atoms with Crippen molar-refractivity contribution in [3.05, 3.63) is 223 Å². The van der Waals surface area contributed by atoms with Crippen molar-refractivity contribution in [1.29, 1.82) is 5.41 Å². The second kappa shape index (κ2) is 12.7. The van der Waals surface area contributed by atoms with Gasteiger partial charge in [-0.05, 0) is 79.9 Å². The van der Waals surface area contributed by atoms with E-state index in [2.05, 4.69) is 204 Å². The Hall–Kier alpha value is -7.27. The van der Waals surface area contributed by atoms with Crippen LogP contribution in [0.5, 0.6) is 0 Å². The predicted molar refractivity (Wildman–Crippen MR) is 232 cm³/mol. The predicted octanol–water partition coefficient (Wildman–Crippen LogP) is 12.5. The molecule has 56 heavy (non-hydrogen) atoms. The largest absolute Gasteiger partial charge is 0.309 e. The van der Waals surface area contributed by atoms with E-state index in [0.29, 0.717) is 5.84 Å². The highest BCUT2D eigenvalue weighted by atomic mass is 15.8. The summed E-state index contributed by atoms with van der Waals surface area (Å²) in [5, 5.41) is 18.9. The summed E-state index contributed by atoms with van der Waals surface area (Å²) in [6.07, 6.45) is 0. The Labute approximate surface area is 325 Å². The Morgan fingerprint density at radius 2 is 0.911 bits per heavy atom. The maximum atomic E-state index is 9.89. The molecule has 2 N–H and O–H groups in total. The Morgan fingerprint density at radius 3 is 1.54 bits per heavy atom. The maximum Gasteiger partial charge on any atom is 0.176 e. The molecule has 0 spiro atoms. The Morgan fingerprint density at radius 1 is 0.411 bits per heavy atom. The van der Waals surface area contributed by atoms with Crippen molar-refractivity contribution in [2.24, 2.45) is 0 Å². The van der Waals surface area contributed by atoms with Gasteiger partial charge >= 0.3 is 0 Å². The third kappa shape index (κ3) is 5.01. The van der Waals surface area contributed by atoms with Crippen LogP contribution in [-0.2, 0) is 5.66 Å². The highest BCUT2D eigenvalue weighted by Gasteiger charge is 2.56. The number of rotatable bonds is 6. The minimum Gasteiger partial charge on any atom is -0.309 e. The molecule has 0 saturated carbocycles. The fourth-order valence-corrected chi connectivity index (χ4v) is 8.70. The third-order valence-electron chi connectivity index (χ3n) is 11.5. The molecule has 9 aromatic carbocycles. The van der Waals surface area contributed by atoms with Crippen molar-refractivity contribution in [3.8, 4) is 27.9 Å². The first-order valence-corrected chi connectivity index (χ1v) is 19.1. The summed E-state index contributed by atoms with van der Waals surface area (Å²) in [5.74, 6) is 0.417. The molecule has 0 atom stereocenters. The summed E-state index contributed by atoms with van der Waals surface area (Å²) in [7, 11) is 0. The first kappa shape index (κ1) is 32.2. The van der Waals surface area contributed by atoms with Crippen LogP contribution in [0, 0.1) is 5.41 Å². The van der Waals surface area contributed by atoms with Crippen molar-refractivity contribution in [2.75, 3.05) is 0 Å². The number of nitrogens with one attached hydrogen (secondary N) is 2. The van der Waals surface area contributed by atoms with Gasteiger partial charge in [-0.1, -0.05) is 176 Å². The maximum absolute atomic E-state index is 9.89. The quantitative estimate of drug-likeness (QED) is 0.102. The zero-order chi connectivity index (χ0) is 37.2. The summed E-state index contributed by atoms with van der Waals surface area (Å²) < 4.78 is 2.40. The van der Waals surface area contributed by atoms with Crippen LogP contribution in [0.15, 0.2) is 206 Å². The van der Waals surface area contributed by atoms with Crippen LogP contribution in [0.1, 0.15) is 16.7 Å². The van der Waals surface area contributed by atoms with Gasteiger partial charge in [0.05, 0.1) is 16.7 Å². The summed E-state index contributed by atoms with van der Waals surface area (Å²) in [6, 6.07) is 73.2. The fraction of sp³-hybridized carbons (Fsp3) is 0.0192. The highest BCUT2D eigenvalue weighted by molar-refractivity contribution is 6.16. The van der Waals surface area contributed by atoms with Crippen molar-refractivity contribution < 1.29 is 0 Å². The number of amidine groups is 1. The lowest BCUT2D eigenvalue weighted by Gasteiger charge is -2.20. The Kier molecular flexibility index (Phi) is 7.28. The highest BCUT2D eigenvalue weighted by Crippen LogP contribution is 2.46. The molecule has 1 saturated heterocycles. The molecule has 4 nitrogen and oxygen atoms in total. The molecule has 0 bridgehead atoms. The molecule has 0 radical (unpaired) electrons. The van der Waals surface area contributed by atoms with Crippen LogP contribution in [0.3, 0.4) is 0 Å². The average molecular weight is 717 g/mol. The van der Waals surface area contributed by atoms with Crippen molar-refractivity contribution >= 4 is 49.2 Å². The van der Waals surface area contributed by atoms with E-state index in [4.69, 9.17) is 0 Å². The fourth-order valence-electron chi connectivity index (χ4n) is 8.70. The first-order chi connectivity index (χ1) is 27.7. The molecule has 1 aromatic heterocycles. The SMILES string of the molecule is N=C(c1ccc(-n2c3ccccc3c3cc4ccccc4cc32)c2ccccc12)N1NC1(c1ccc(-c2ccccc2)cc1)c1ccc(-c2ccccc2)cc1. The zero-order valence-corrected chi connectivity index (χ0v) is 30.5. The number of hydrogen-bond donors (Lipinski definition) is 2. The van der Waals surface area contributed by atoms with Gasteiger partial charge in [0, 0.05) is 21.7 Å². The molecular weight excluding hydrogens is 681 g/mol. The van der Waals surface area contributed by atoms with Gasteiger partial charge in [-0.2, -0.15) is 5.43 Å². The molecule has 1 fully saturated rings. The van der Waals surface area contributed by atoms with Crippen molar-refractivity contribution in [2.45, 2.75) is 5.66 Å². The van der Waals surface area contributed by atoms with Gasteiger partial charge < -0.3 is 4.57 Å². The average Bonchev–Trinajstić information content (AvgIpc) is 3.96. The van der Waals surface area contributed by atoms with E-state index in [0.717, 1.165) is 49.8 Å². The lowest BCUT2D eigenvalue weighted by Crippen LogP contribution is -2.23. The lowest BCUT2D eigenvalue weighted by molar-refractivity contribution is 0.628. The smallest absolute Gasteiger partial charge is 0.176 e. The number of fused-ring (bicyclic) bond motifs is 5. The number of para-hydroxylation sites is 1. The summed E-state index contributed by atoms with van der Waals surface area (Å²) in [4.78, 5) is 0. The van der Waals surface area contributed by atoms with E-state index in [1.54, 1.807) is 0 Å². The summed E-state index contributed by atoms with van der Waals surface area (Å²) in [6.45, 7) is 0.